The molecule has 1 atom stereocenters. The molecule has 0 radical (unpaired) electrons. The Hall–Kier alpha value is -1.48. The van der Waals surface area contributed by atoms with Crippen LogP contribution in [0, 0.1) is 5.92 Å². The molecule has 10 heteroatoms. The van der Waals surface area contributed by atoms with Crippen molar-refractivity contribution >= 4 is 44.8 Å². The van der Waals surface area contributed by atoms with Crippen LogP contribution in [0.1, 0.15) is 25.7 Å². The van der Waals surface area contributed by atoms with Crippen LogP contribution in [0.25, 0.3) is 0 Å². The molecule has 0 heterocycles. The van der Waals surface area contributed by atoms with Gasteiger partial charge in [0.2, 0.25) is 0 Å². The van der Waals surface area contributed by atoms with E-state index in [4.69, 9.17) is 23.2 Å². The van der Waals surface area contributed by atoms with Crippen molar-refractivity contribution in [1.29, 1.82) is 0 Å². The number of aromatic hydroxyl groups is 1. The van der Waals surface area contributed by atoms with Gasteiger partial charge in [0.25, 0.3) is 0 Å². The molecule has 0 bridgehead atoms. The zero-order valence-corrected chi connectivity index (χ0v) is 18.6. The number of sulfone groups is 1. The van der Waals surface area contributed by atoms with Crippen LogP contribution < -0.4 is 10.6 Å². The van der Waals surface area contributed by atoms with Gasteiger partial charge in [0.05, 0.1) is 22.0 Å². The van der Waals surface area contributed by atoms with Crippen LogP contribution in [0.15, 0.2) is 28.1 Å². The smallest absolute Gasteiger partial charge is 0.319 e. The number of phenolic OH excluding ortho intramolecular Hbond substituents is 1. The lowest BCUT2D eigenvalue weighted by atomic mass is 9.84. The SMILES string of the molecule is CN(C)CC1CC(S(=O)(=O)c2c(Cl)ccc(NC(=O)NC3CCC=C3Cl)c2O)C1. The van der Waals surface area contributed by atoms with Crippen LogP contribution in [0.4, 0.5) is 10.5 Å². The molecule has 1 aromatic rings. The number of phenols is 1. The lowest BCUT2D eigenvalue weighted by Crippen LogP contribution is -2.40. The summed E-state index contributed by atoms with van der Waals surface area (Å²) in [5, 5.41) is 15.7. The third-order valence-electron chi connectivity index (χ3n) is 5.30. The third kappa shape index (κ3) is 4.82. The van der Waals surface area contributed by atoms with Gasteiger partial charge in [0.1, 0.15) is 4.90 Å². The van der Waals surface area contributed by atoms with Crippen molar-refractivity contribution in [2.24, 2.45) is 5.92 Å². The van der Waals surface area contributed by atoms with Crippen molar-refractivity contribution in [3.05, 3.63) is 28.3 Å². The van der Waals surface area contributed by atoms with Crippen molar-refractivity contribution in [2.75, 3.05) is 26.0 Å². The molecule has 2 aliphatic rings. The fraction of sp³-hybridized carbons (Fsp3) is 0.526. The molecule has 3 rings (SSSR count). The largest absolute Gasteiger partial charge is 0.504 e. The summed E-state index contributed by atoms with van der Waals surface area (Å²) in [7, 11) is 0.0633. The van der Waals surface area contributed by atoms with Crippen LogP contribution in [0.2, 0.25) is 5.02 Å². The molecule has 160 valence electrons. The van der Waals surface area contributed by atoms with Gasteiger partial charge in [-0.15, -0.1) is 0 Å². The topological polar surface area (TPSA) is 98.7 Å². The van der Waals surface area contributed by atoms with E-state index in [-0.39, 0.29) is 21.6 Å². The maximum Gasteiger partial charge on any atom is 0.319 e. The number of hydrogen-bond acceptors (Lipinski definition) is 5. The number of allylic oxidation sites excluding steroid dienone is 1. The van der Waals surface area contributed by atoms with E-state index in [1.165, 1.54) is 12.1 Å². The minimum absolute atomic E-state index is 0.0206. The van der Waals surface area contributed by atoms with Gasteiger partial charge < -0.3 is 20.6 Å². The number of carbonyl (C=O) groups excluding carboxylic acids is 1. The molecule has 29 heavy (non-hydrogen) atoms. The highest BCUT2D eigenvalue weighted by molar-refractivity contribution is 7.92. The molecule has 2 amide bonds. The van der Waals surface area contributed by atoms with E-state index < -0.39 is 26.9 Å². The number of hydrogen-bond donors (Lipinski definition) is 3. The first-order valence-corrected chi connectivity index (χ1v) is 11.7. The van der Waals surface area contributed by atoms with Gasteiger partial charge in [-0.1, -0.05) is 29.3 Å². The average Bonchev–Trinajstić information content (AvgIpc) is 2.97. The fourth-order valence-corrected chi connectivity index (χ4v) is 6.66. The number of urea groups is 1. The maximum absolute atomic E-state index is 13.0. The van der Waals surface area contributed by atoms with E-state index in [0.717, 1.165) is 13.0 Å². The summed E-state index contributed by atoms with van der Waals surface area (Å²) in [4.78, 5) is 13.9. The zero-order valence-electron chi connectivity index (χ0n) is 16.3. The molecule has 1 fully saturated rings. The molecule has 2 aliphatic carbocycles. The Labute approximate surface area is 181 Å². The summed E-state index contributed by atoms with van der Waals surface area (Å²) in [6.45, 7) is 0.811. The summed E-state index contributed by atoms with van der Waals surface area (Å²) in [6, 6.07) is 1.86. The van der Waals surface area contributed by atoms with Crippen LogP contribution in [0.5, 0.6) is 5.75 Å². The summed E-state index contributed by atoms with van der Waals surface area (Å²) in [6.07, 6.45) is 4.32. The lowest BCUT2D eigenvalue weighted by Gasteiger charge is -2.36. The standard InChI is InChI=1S/C19H25Cl2N3O4S/c1-24(2)10-11-8-12(9-11)29(27,28)18-14(21)6-7-16(17(18)25)23-19(26)22-15-5-3-4-13(15)20/h4,6-7,11-12,15,25H,3,5,8-10H2,1-2H3,(H2,22,23,26). The van der Waals surface area contributed by atoms with E-state index >= 15 is 0 Å². The molecule has 1 saturated carbocycles. The summed E-state index contributed by atoms with van der Waals surface area (Å²) in [5.41, 5.74) is -0.0206. The van der Waals surface area contributed by atoms with E-state index in [1.54, 1.807) is 0 Å². The van der Waals surface area contributed by atoms with Crippen molar-refractivity contribution < 1.29 is 18.3 Å². The van der Waals surface area contributed by atoms with E-state index in [2.05, 4.69) is 10.6 Å². The number of nitrogens with zero attached hydrogens (tertiary/aromatic N) is 1. The van der Waals surface area contributed by atoms with Gasteiger partial charge in [-0.25, -0.2) is 13.2 Å². The first kappa shape index (κ1) is 22.2. The molecule has 0 aliphatic heterocycles. The Balaban J connectivity index is 1.75. The molecule has 7 nitrogen and oxygen atoms in total. The van der Waals surface area contributed by atoms with E-state index in [0.29, 0.717) is 30.2 Å². The van der Waals surface area contributed by atoms with Crippen molar-refractivity contribution in [3.63, 3.8) is 0 Å². The van der Waals surface area contributed by atoms with Crippen molar-refractivity contribution in [3.8, 4) is 5.75 Å². The van der Waals surface area contributed by atoms with Gasteiger partial charge in [0, 0.05) is 11.6 Å². The van der Waals surface area contributed by atoms with Crippen LogP contribution in [0.3, 0.4) is 0 Å². The van der Waals surface area contributed by atoms with Gasteiger partial charge in [-0.05, 0) is 57.8 Å². The number of rotatable bonds is 6. The molecule has 1 unspecified atom stereocenters. The number of halogens is 2. The number of amides is 2. The maximum atomic E-state index is 13.0. The number of benzene rings is 1. The quantitative estimate of drug-likeness (QED) is 0.562. The molecule has 3 N–H and O–H groups in total. The number of nitrogens with one attached hydrogen (secondary N) is 2. The normalized spacial score (nSPS) is 24.2. The highest BCUT2D eigenvalue weighted by atomic mass is 35.5. The predicted octanol–water partition coefficient (Wildman–Crippen LogP) is 3.57. The monoisotopic (exact) mass is 461 g/mol. The zero-order chi connectivity index (χ0) is 21.3. The van der Waals surface area contributed by atoms with Crippen molar-refractivity contribution in [1.82, 2.24) is 10.2 Å². The Morgan fingerprint density at radius 1 is 1.28 bits per heavy atom. The Bertz CT molecular complexity index is 928. The van der Waals surface area contributed by atoms with Crippen LogP contribution in [-0.4, -0.2) is 56.4 Å². The van der Waals surface area contributed by atoms with Gasteiger partial charge in [-0.3, -0.25) is 0 Å². The molecule has 1 aromatic carbocycles. The second-order valence-electron chi connectivity index (χ2n) is 7.86. The lowest BCUT2D eigenvalue weighted by molar-refractivity contribution is 0.232. The van der Waals surface area contributed by atoms with E-state index in [1.807, 2.05) is 25.1 Å². The van der Waals surface area contributed by atoms with Crippen LogP contribution in [-0.2, 0) is 9.84 Å². The average molecular weight is 462 g/mol. The highest BCUT2D eigenvalue weighted by Gasteiger charge is 2.42. The van der Waals surface area contributed by atoms with Gasteiger partial charge in [-0.2, -0.15) is 0 Å². The Morgan fingerprint density at radius 2 is 1.97 bits per heavy atom. The third-order valence-corrected chi connectivity index (χ3v) is 8.39. The fourth-order valence-electron chi connectivity index (χ4n) is 3.80. The molecule has 0 aromatic heterocycles. The predicted molar refractivity (Wildman–Crippen MR) is 114 cm³/mol. The molecular weight excluding hydrogens is 437 g/mol. The second kappa shape index (κ2) is 8.71. The number of carbonyl (C=O) groups is 1. The molecule has 0 saturated heterocycles. The number of anilines is 1. The summed E-state index contributed by atoms with van der Waals surface area (Å²) >= 11 is 12.2. The second-order valence-corrected chi connectivity index (χ2v) is 10.9. The minimum atomic E-state index is -3.82. The molecule has 0 spiro atoms. The summed E-state index contributed by atoms with van der Waals surface area (Å²) in [5.74, 6) is -0.251. The first-order valence-electron chi connectivity index (χ1n) is 9.42. The first-order chi connectivity index (χ1) is 13.6. The minimum Gasteiger partial charge on any atom is -0.504 e. The Morgan fingerprint density at radius 3 is 2.55 bits per heavy atom. The van der Waals surface area contributed by atoms with Gasteiger partial charge >= 0.3 is 6.03 Å². The van der Waals surface area contributed by atoms with Crippen molar-refractivity contribution in [2.45, 2.75) is 41.9 Å². The van der Waals surface area contributed by atoms with Crippen LogP contribution >= 0.6 is 23.2 Å². The Kier molecular flexibility index (Phi) is 6.67. The van der Waals surface area contributed by atoms with E-state index in [9.17, 15) is 18.3 Å². The van der Waals surface area contributed by atoms with Gasteiger partial charge in [0.15, 0.2) is 15.6 Å². The molecular formula is C19H25Cl2N3O4S. The summed E-state index contributed by atoms with van der Waals surface area (Å²) < 4.78 is 26.1. The highest BCUT2D eigenvalue weighted by Crippen LogP contribution is 2.44.